The normalized spacial score (nSPS) is 10.8. The molecule has 0 aliphatic rings. The summed E-state index contributed by atoms with van der Waals surface area (Å²) in [5.41, 5.74) is -0.0389. The van der Waals surface area contributed by atoms with Gasteiger partial charge in [0.25, 0.3) is 6.01 Å². The number of rotatable bonds is 7. The number of anilines is 1. The van der Waals surface area contributed by atoms with Gasteiger partial charge >= 0.3 is 5.97 Å². The number of hydrogen-bond acceptors (Lipinski definition) is 4. The number of oxazole rings is 1. The number of carboxylic acids is 1. The van der Waals surface area contributed by atoms with E-state index < -0.39 is 5.97 Å². The van der Waals surface area contributed by atoms with E-state index in [2.05, 4.69) is 18.8 Å². The first kappa shape index (κ1) is 13.5. The number of carboxylic acid groups (broad SMARTS) is 1. The standard InChI is InChI=1S/C12H20N2O3/c1-4-9(5-2)7-14(6-3)12-13-10(8-17-12)11(15)16/h8-9H,4-7H2,1-3H3,(H,15,16). The largest absolute Gasteiger partial charge is 0.476 e. The number of hydrogen-bond donors (Lipinski definition) is 1. The molecule has 0 bridgehead atoms. The van der Waals surface area contributed by atoms with Crippen LogP contribution in [0.3, 0.4) is 0 Å². The summed E-state index contributed by atoms with van der Waals surface area (Å²) < 4.78 is 5.20. The topological polar surface area (TPSA) is 66.6 Å². The lowest BCUT2D eigenvalue weighted by atomic mass is 10.0. The zero-order valence-electron chi connectivity index (χ0n) is 10.6. The highest BCUT2D eigenvalue weighted by Crippen LogP contribution is 2.17. The second-order valence-corrected chi connectivity index (χ2v) is 4.04. The van der Waals surface area contributed by atoms with Crippen molar-refractivity contribution in [2.75, 3.05) is 18.0 Å². The van der Waals surface area contributed by atoms with E-state index in [4.69, 9.17) is 9.52 Å². The lowest BCUT2D eigenvalue weighted by Crippen LogP contribution is -2.29. The van der Waals surface area contributed by atoms with Crippen molar-refractivity contribution in [3.63, 3.8) is 0 Å². The van der Waals surface area contributed by atoms with Crippen LogP contribution in [0.4, 0.5) is 6.01 Å². The van der Waals surface area contributed by atoms with Gasteiger partial charge in [-0.25, -0.2) is 4.79 Å². The quantitative estimate of drug-likeness (QED) is 0.793. The molecule has 17 heavy (non-hydrogen) atoms. The van der Waals surface area contributed by atoms with Gasteiger partial charge in [0.05, 0.1) is 0 Å². The summed E-state index contributed by atoms with van der Waals surface area (Å²) in [5.74, 6) is -0.478. The van der Waals surface area contributed by atoms with Crippen LogP contribution in [0.2, 0.25) is 0 Å². The van der Waals surface area contributed by atoms with E-state index in [1.165, 1.54) is 6.26 Å². The van der Waals surface area contributed by atoms with Crippen molar-refractivity contribution >= 4 is 12.0 Å². The van der Waals surface area contributed by atoms with E-state index in [1.54, 1.807) is 0 Å². The van der Waals surface area contributed by atoms with E-state index >= 15 is 0 Å². The Kier molecular flexibility index (Phi) is 5.00. The van der Waals surface area contributed by atoms with Crippen LogP contribution in [-0.2, 0) is 0 Å². The number of aromatic nitrogens is 1. The van der Waals surface area contributed by atoms with Gasteiger partial charge in [-0.2, -0.15) is 4.98 Å². The average Bonchev–Trinajstić information content (AvgIpc) is 2.80. The number of nitrogens with zero attached hydrogens (tertiary/aromatic N) is 2. The van der Waals surface area contributed by atoms with Crippen LogP contribution in [0.25, 0.3) is 0 Å². The fourth-order valence-corrected chi connectivity index (χ4v) is 1.71. The lowest BCUT2D eigenvalue weighted by molar-refractivity contribution is 0.0690. The van der Waals surface area contributed by atoms with Gasteiger partial charge in [-0.15, -0.1) is 0 Å². The summed E-state index contributed by atoms with van der Waals surface area (Å²) in [4.78, 5) is 16.7. The molecule has 1 rings (SSSR count). The van der Waals surface area contributed by atoms with Crippen molar-refractivity contribution in [3.8, 4) is 0 Å². The second-order valence-electron chi connectivity index (χ2n) is 4.04. The second kappa shape index (κ2) is 6.27. The Hall–Kier alpha value is -1.52. The Balaban J connectivity index is 2.75. The van der Waals surface area contributed by atoms with Gasteiger partial charge in [-0.05, 0) is 12.8 Å². The van der Waals surface area contributed by atoms with Crippen LogP contribution in [0.15, 0.2) is 10.7 Å². The molecule has 0 amide bonds. The van der Waals surface area contributed by atoms with E-state index in [0.29, 0.717) is 11.9 Å². The van der Waals surface area contributed by atoms with Crippen LogP contribution in [0.5, 0.6) is 0 Å². The van der Waals surface area contributed by atoms with Crippen molar-refractivity contribution in [1.82, 2.24) is 4.98 Å². The van der Waals surface area contributed by atoms with Crippen molar-refractivity contribution in [1.29, 1.82) is 0 Å². The summed E-state index contributed by atoms with van der Waals surface area (Å²) in [5, 5.41) is 8.79. The minimum absolute atomic E-state index is 0.0389. The maximum Gasteiger partial charge on any atom is 0.357 e. The molecule has 0 spiro atoms. The van der Waals surface area contributed by atoms with Gasteiger partial charge in [-0.3, -0.25) is 0 Å². The van der Waals surface area contributed by atoms with Crippen LogP contribution in [0, 0.1) is 5.92 Å². The summed E-state index contributed by atoms with van der Waals surface area (Å²) in [6, 6.07) is 0.400. The monoisotopic (exact) mass is 240 g/mol. The number of aromatic carboxylic acids is 1. The Morgan fingerprint density at radius 2 is 2.12 bits per heavy atom. The molecule has 5 nitrogen and oxygen atoms in total. The SMILES string of the molecule is CCC(CC)CN(CC)c1nc(C(=O)O)co1. The third-order valence-corrected chi connectivity index (χ3v) is 3.00. The van der Waals surface area contributed by atoms with Gasteiger partial charge in [0.2, 0.25) is 0 Å². The van der Waals surface area contributed by atoms with Crippen LogP contribution >= 0.6 is 0 Å². The summed E-state index contributed by atoms with van der Waals surface area (Å²) in [7, 11) is 0. The van der Waals surface area contributed by atoms with E-state index in [-0.39, 0.29) is 5.69 Å². The minimum atomic E-state index is -1.06. The minimum Gasteiger partial charge on any atom is -0.476 e. The van der Waals surface area contributed by atoms with Gasteiger partial charge in [-0.1, -0.05) is 26.7 Å². The van der Waals surface area contributed by atoms with Crippen molar-refractivity contribution in [3.05, 3.63) is 12.0 Å². The van der Waals surface area contributed by atoms with Gasteiger partial charge < -0.3 is 14.4 Å². The molecule has 1 heterocycles. The summed E-state index contributed by atoms with van der Waals surface area (Å²) in [6.07, 6.45) is 3.38. The third-order valence-electron chi connectivity index (χ3n) is 3.00. The van der Waals surface area contributed by atoms with Crippen molar-refractivity contribution in [2.45, 2.75) is 33.6 Å². The highest BCUT2D eigenvalue weighted by Gasteiger charge is 2.17. The van der Waals surface area contributed by atoms with Gasteiger partial charge in [0.15, 0.2) is 5.69 Å². The van der Waals surface area contributed by atoms with Crippen molar-refractivity contribution in [2.24, 2.45) is 5.92 Å². The molecule has 0 saturated carbocycles. The Morgan fingerprint density at radius 3 is 2.53 bits per heavy atom. The maximum absolute atomic E-state index is 10.7. The molecule has 5 heteroatoms. The van der Waals surface area contributed by atoms with Crippen LogP contribution in [-0.4, -0.2) is 29.1 Å². The molecule has 1 N–H and O–H groups in total. The smallest absolute Gasteiger partial charge is 0.357 e. The summed E-state index contributed by atoms with van der Waals surface area (Å²) in [6.45, 7) is 7.92. The highest BCUT2D eigenvalue weighted by atomic mass is 16.4. The maximum atomic E-state index is 10.7. The molecule has 0 fully saturated rings. The van der Waals surface area contributed by atoms with Crippen LogP contribution in [0.1, 0.15) is 44.1 Å². The first-order valence-electron chi connectivity index (χ1n) is 6.06. The number of carbonyl (C=O) groups is 1. The Labute approximate surface area is 101 Å². The molecule has 0 saturated heterocycles. The van der Waals surface area contributed by atoms with Gasteiger partial charge in [0.1, 0.15) is 6.26 Å². The zero-order chi connectivity index (χ0) is 12.8. The zero-order valence-corrected chi connectivity index (χ0v) is 10.6. The van der Waals surface area contributed by atoms with Crippen LogP contribution < -0.4 is 4.90 Å². The molecule has 0 aliphatic carbocycles. The molecule has 0 unspecified atom stereocenters. The third kappa shape index (κ3) is 3.47. The highest BCUT2D eigenvalue weighted by molar-refractivity contribution is 5.85. The molecule has 1 aromatic heterocycles. The molecule has 0 atom stereocenters. The Bertz CT molecular complexity index is 358. The predicted molar refractivity (Wildman–Crippen MR) is 65.4 cm³/mol. The molecule has 0 radical (unpaired) electrons. The fraction of sp³-hybridized carbons (Fsp3) is 0.667. The molecule has 96 valence electrons. The fourth-order valence-electron chi connectivity index (χ4n) is 1.71. The van der Waals surface area contributed by atoms with Crippen molar-refractivity contribution < 1.29 is 14.3 Å². The van der Waals surface area contributed by atoms with Gasteiger partial charge in [0, 0.05) is 13.1 Å². The summed E-state index contributed by atoms with van der Waals surface area (Å²) >= 11 is 0. The van der Waals surface area contributed by atoms with E-state index in [0.717, 1.165) is 25.9 Å². The molecular weight excluding hydrogens is 220 g/mol. The van der Waals surface area contributed by atoms with E-state index in [9.17, 15) is 4.79 Å². The molecular formula is C12H20N2O3. The predicted octanol–water partition coefficient (Wildman–Crippen LogP) is 2.64. The first-order chi connectivity index (χ1) is 8.12. The molecule has 0 aliphatic heterocycles. The average molecular weight is 240 g/mol. The lowest BCUT2D eigenvalue weighted by Gasteiger charge is -2.23. The first-order valence-corrected chi connectivity index (χ1v) is 6.06. The van der Waals surface area contributed by atoms with E-state index in [1.807, 2.05) is 11.8 Å². The Morgan fingerprint density at radius 1 is 1.47 bits per heavy atom. The molecule has 1 aromatic rings. The molecule has 0 aromatic carbocycles.